The van der Waals surface area contributed by atoms with Crippen molar-refractivity contribution in [2.45, 2.75) is 46.0 Å². The predicted molar refractivity (Wildman–Crippen MR) is 78.9 cm³/mol. The minimum absolute atomic E-state index is 0.0366. The van der Waals surface area contributed by atoms with Crippen LogP contribution in [-0.4, -0.2) is 17.4 Å². The molecule has 1 aromatic rings. The largest absolute Gasteiger partial charge is 0.330 e. The van der Waals surface area contributed by atoms with Crippen LogP contribution in [0, 0.1) is 12.8 Å². The summed E-state index contributed by atoms with van der Waals surface area (Å²) in [6, 6.07) is 3.77. The summed E-state index contributed by atoms with van der Waals surface area (Å²) in [5, 5.41) is 2.83. The average Bonchev–Trinajstić information content (AvgIpc) is 2.39. The van der Waals surface area contributed by atoms with Crippen molar-refractivity contribution in [3.05, 3.63) is 23.9 Å². The highest BCUT2D eigenvalue weighted by atomic mass is 16.1. The van der Waals surface area contributed by atoms with Gasteiger partial charge in [0.05, 0.1) is 0 Å². The van der Waals surface area contributed by atoms with Crippen LogP contribution in [0.1, 0.15) is 44.6 Å². The molecule has 1 amide bonds. The second-order valence-corrected chi connectivity index (χ2v) is 5.04. The summed E-state index contributed by atoms with van der Waals surface area (Å²) in [4.78, 5) is 16.0. The van der Waals surface area contributed by atoms with E-state index >= 15 is 0 Å². The third kappa shape index (κ3) is 6.34. The fourth-order valence-electron chi connectivity index (χ4n) is 2.16. The average molecular weight is 263 g/mol. The number of anilines is 1. The molecule has 0 spiro atoms. The first-order chi connectivity index (χ1) is 9.15. The van der Waals surface area contributed by atoms with Crippen molar-refractivity contribution >= 4 is 11.7 Å². The Morgan fingerprint density at radius 2 is 2.16 bits per heavy atom. The lowest BCUT2D eigenvalue weighted by molar-refractivity contribution is -0.116. The Morgan fingerprint density at radius 3 is 2.74 bits per heavy atom. The lowest BCUT2D eigenvalue weighted by Gasteiger charge is -2.14. The van der Waals surface area contributed by atoms with E-state index in [0.717, 1.165) is 31.2 Å². The molecule has 0 bridgehead atoms. The number of carbonyl (C=O) groups is 1. The summed E-state index contributed by atoms with van der Waals surface area (Å²) in [5.74, 6) is 1.22. The van der Waals surface area contributed by atoms with E-state index in [0.29, 0.717) is 24.7 Å². The molecule has 0 radical (unpaired) electrons. The molecule has 0 aliphatic carbocycles. The van der Waals surface area contributed by atoms with Gasteiger partial charge in [-0.3, -0.25) is 4.79 Å². The Morgan fingerprint density at radius 1 is 1.37 bits per heavy atom. The Hall–Kier alpha value is -1.42. The molecule has 0 aliphatic rings. The van der Waals surface area contributed by atoms with Crippen LogP contribution >= 0.6 is 0 Å². The first-order valence-corrected chi connectivity index (χ1v) is 7.08. The van der Waals surface area contributed by atoms with Crippen molar-refractivity contribution in [3.8, 4) is 0 Å². The Bertz CT molecular complexity index is 369. The van der Waals surface area contributed by atoms with Crippen molar-refractivity contribution < 1.29 is 4.79 Å². The fourth-order valence-corrected chi connectivity index (χ4v) is 2.16. The minimum atomic E-state index is 0.0366. The maximum absolute atomic E-state index is 11.8. The number of hydrogen-bond donors (Lipinski definition) is 2. The SMILES string of the molecule is CCCC(CCN)CCC(=O)Nc1ccc(C)cn1. The molecule has 1 atom stereocenters. The molecule has 1 rings (SSSR count). The number of hydrogen-bond acceptors (Lipinski definition) is 3. The summed E-state index contributed by atoms with van der Waals surface area (Å²) in [5.41, 5.74) is 6.68. The van der Waals surface area contributed by atoms with Gasteiger partial charge in [-0.1, -0.05) is 25.8 Å². The van der Waals surface area contributed by atoms with Gasteiger partial charge in [0.1, 0.15) is 5.82 Å². The maximum atomic E-state index is 11.8. The van der Waals surface area contributed by atoms with E-state index in [4.69, 9.17) is 5.73 Å². The third-order valence-electron chi connectivity index (χ3n) is 3.23. The summed E-state index contributed by atoms with van der Waals surface area (Å²) >= 11 is 0. The van der Waals surface area contributed by atoms with Crippen LogP contribution in [0.5, 0.6) is 0 Å². The van der Waals surface area contributed by atoms with Gasteiger partial charge in [-0.05, 0) is 43.9 Å². The second kappa shape index (κ2) is 8.64. The molecule has 0 fully saturated rings. The molecular formula is C15H25N3O. The van der Waals surface area contributed by atoms with Crippen LogP contribution in [0.2, 0.25) is 0 Å². The van der Waals surface area contributed by atoms with Crippen molar-refractivity contribution in [3.63, 3.8) is 0 Å². The van der Waals surface area contributed by atoms with Crippen molar-refractivity contribution in [2.24, 2.45) is 11.7 Å². The van der Waals surface area contributed by atoms with Crippen LogP contribution in [-0.2, 0) is 4.79 Å². The monoisotopic (exact) mass is 263 g/mol. The Balaban J connectivity index is 2.35. The summed E-state index contributed by atoms with van der Waals surface area (Å²) in [7, 11) is 0. The summed E-state index contributed by atoms with van der Waals surface area (Å²) in [6.45, 7) is 4.84. The van der Waals surface area contributed by atoms with Gasteiger partial charge >= 0.3 is 0 Å². The van der Waals surface area contributed by atoms with Gasteiger partial charge in [0, 0.05) is 12.6 Å². The van der Waals surface area contributed by atoms with Gasteiger partial charge in [-0.2, -0.15) is 0 Å². The quantitative estimate of drug-likeness (QED) is 0.757. The molecule has 19 heavy (non-hydrogen) atoms. The molecule has 1 unspecified atom stereocenters. The first-order valence-electron chi connectivity index (χ1n) is 7.08. The van der Waals surface area contributed by atoms with Gasteiger partial charge in [0.15, 0.2) is 0 Å². The van der Waals surface area contributed by atoms with E-state index in [1.54, 1.807) is 6.20 Å². The Labute approximate surface area is 115 Å². The van der Waals surface area contributed by atoms with E-state index in [-0.39, 0.29) is 5.91 Å². The highest BCUT2D eigenvalue weighted by Crippen LogP contribution is 2.17. The Kier molecular flexibility index (Phi) is 7.11. The molecule has 0 saturated carbocycles. The molecule has 0 saturated heterocycles. The van der Waals surface area contributed by atoms with E-state index in [1.807, 2.05) is 19.1 Å². The third-order valence-corrected chi connectivity index (χ3v) is 3.23. The lowest BCUT2D eigenvalue weighted by atomic mass is 9.94. The summed E-state index contributed by atoms with van der Waals surface area (Å²) < 4.78 is 0. The van der Waals surface area contributed by atoms with Crippen LogP contribution < -0.4 is 11.1 Å². The van der Waals surface area contributed by atoms with Gasteiger partial charge in [-0.15, -0.1) is 0 Å². The molecule has 0 aromatic carbocycles. The van der Waals surface area contributed by atoms with E-state index in [1.165, 1.54) is 0 Å². The molecule has 4 nitrogen and oxygen atoms in total. The zero-order chi connectivity index (χ0) is 14.1. The van der Waals surface area contributed by atoms with Gasteiger partial charge < -0.3 is 11.1 Å². The number of aryl methyl sites for hydroxylation is 1. The molecule has 3 N–H and O–H groups in total. The number of nitrogens with zero attached hydrogens (tertiary/aromatic N) is 1. The predicted octanol–water partition coefficient (Wildman–Crippen LogP) is 2.87. The second-order valence-electron chi connectivity index (χ2n) is 5.04. The van der Waals surface area contributed by atoms with Crippen molar-refractivity contribution in [1.82, 2.24) is 4.98 Å². The molecule has 4 heteroatoms. The highest BCUT2D eigenvalue weighted by molar-refractivity contribution is 5.89. The molecule has 0 aliphatic heterocycles. The van der Waals surface area contributed by atoms with Crippen LogP contribution in [0.4, 0.5) is 5.82 Å². The van der Waals surface area contributed by atoms with Gasteiger partial charge in [0.25, 0.3) is 0 Å². The number of amides is 1. The number of pyridine rings is 1. The topological polar surface area (TPSA) is 68.0 Å². The fraction of sp³-hybridized carbons (Fsp3) is 0.600. The van der Waals surface area contributed by atoms with Crippen LogP contribution in [0.15, 0.2) is 18.3 Å². The molecule has 1 aromatic heterocycles. The standard InChI is InChI=1S/C15H25N3O/c1-3-4-13(9-10-16)6-8-15(19)18-14-7-5-12(2)11-17-14/h5,7,11,13H,3-4,6,8-10,16H2,1-2H3,(H,17,18,19). The van der Waals surface area contributed by atoms with E-state index in [9.17, 15) is 4.79 Å². The van der Waals surface area contributed by atoms with Gasteiger partial charge in [0.2, 0.25) is 5.91 Å². The van der Waals surface area contributed by atoms with E-state index in [2.05, 4.69) is 17.2 Å². The normalized spacial score (nSPS) is 12.2. The van der Waals surface area contributed by atoms with Crippen molar-refractivity contribution in [2.75, 3.05) is 11.9 Å². The summed E-state index contributed by atoms with van der Waals surface area (Å²) in [6.07, 6.45) is 6.50. The minimum Gasteiger partial charge on any atom is -0.330 e. The van der Waals surface area contributed by atoms with Crippen LogP contribution in [0.25, 0.3) is 0 Å². The maximum Gasteiger partial charge on any atom is 0.225 e. The lowest BCUT2D eigenvalue weighted by Crippen LogP contribution is -2.16. The number of nitrogens with two attached hydrogens (primary N) is 1. The zero-order valence-electron chi connectivity index (χ0n) is 12.0. The smallest absolute Gasteiger partial charge is 0.225 e. The van der Waals surface area contributed by atoms with Crippen LogP contribution in [0.3, 0.4) is 0 Å². The molecular weight excluding hydrogens is 238 g/mol. The van der Waals surface area contributed by atoms with Gasteiger partial charge in [-0.25, -0.2) is 4.98 Å². The van der Waals surface area contributed by atoms with E-state index < -0.39 is 0 Å². The molecule has 106 valence electrons. The number of aromatic nitrogens is 1. The zero-order valence-corrected chi connectivity index (χ0v) is 12.0. The highest BCUT2D eigenvalue weighted by Gasteiger charge is 2.10. The molecule has 1 heterocycles. The number of rotatable bonds is 8. The first kappa shape index (κ1) is 15.6. The van der Waals surface area contributed by atoms with Crippen molar-refractivity contribution in [1.29, 1.82) is 0 Å². The number of nitrogens with one attached hydrogen (secondary N) is 1. The number of carbonyl (C=O) groups excluding carboxylic acids is 1.